The fourth-order valence-corrected chi connectivity index (χ4v) is 1.21. The van der Waals surface area contributed by atoms with Crippen LogP contribution in [-0.2, 0) is 20.9 Å². The summed E-state index contributed by atoms with van der Waals surface area (Å²) >= 11 is 0. The molecule has 1 rings (SSSR count). The lowest BCUT2D eigenvalue weighted by Gasteiger charge is -2.04. The van der Waals surface area contributed by atoms with Gasteiger partial charge in [-0.15, -0.1) is 5.10 Å². The third-order valence-electron chi connectivity index (χ3n) is 1.96. The van der Waals surface area contributed by atoms with Crippen LogP contribution in [0.4, 0.5) is 0 Å². The molecule has 1 heterocycles. The van der Waals surface area contributed by atoms with Gasteiger partial charge in [0.2, 0.25) is 5.91 Å². The standard InChI is InChI=1S/C10H16N4O3/c1-2-17-10(16)4-3-5-11-9(15)8-14-7-6-12-13-14/h6-7H,2-5,8H2,1H3,(H,11,15). The van der Waals surface area contributed by atoms with Gasteiger partial charge in [0.25, 0.3) is 0 Å². The van der Waals surface area contributed by atoms with Gasteiger partial charge in [0.1, 0.15) is 6.54 Å². The van der Waals surface area contributed by atoms with E-state index in [4.69, 9.17) is 4.74 Å². The Morgan fingerprint density at radius 1 is 1.47 bits per heavy atom. The number of carbonyl (C=O) groups excluding carboxylic acids is 2. The lowest BCUT2D eigenvalue weighted by atomic mass is 10.3. The van der Waals surface area contributed by atoms with E-state index in [1.807, 2.05) is 0 Å². The second kappa shape index (κ2) is 7.37. The minimum absolute atomic E-state index is 0.138. The molecule has 7 nitrogen and oxygen atoms in total. The summed E-state index contributed by atoms with van der Waals surface area (Å²) in [4.78, 5) is 22.4. The molecule has 1 N–H and O–H groups in total. The molecule has 0 aliphatic carbocycles. The van der Waals surface area contributed by atoms with Crippen LogP contribution in [0.3, 0.4) is 0 Å². The van der Waals surface area contributed by atoms with Crippen LogP contribution in [0.25, 0.3) is 0 Å². The van der Waals surface area contributed by atoms with Crippen molar-refractivity contribution in [1.29, 1.82) is 0 Å². The van der Waals surface area contributed by atoms with Crippen LogP contribution in [0.5, 0.6) is 0 Å². The van der Waals surface area contributed by atoms with Crippen molar-refractivity contribution in [3.05, 3.63) is 12.4 Å². The first-order chi connectivity index (χ1) is 8.22. The Bertz CT molecular complexity index is 350. The number of aromatic nitrogens is 3. The topological polar surface area (TPSA) is 86.1 Å². The number of hydrogen-bond donors (Lipinski definition) is 1. The first-order valence-corrected chi connectivity index (χ1v) is 5.48. The van der Waals surface area contributed by atoms with E-state index in [0.717, 1.165) is 0 Å². The van der Waals surface area contributed by atoms with Gasteiger partial charge in [-0.2, -0.15) is 0 Å². The number of nitrogens with zero attached hydrogens (tertiary/aromatic N) is 3. The molecule has 0 saturated carbocycles. The summed E-state index contributed by atoms with van der Waals surface area (Å²) in [5.41, 5.74) is 0. The molecule has 7 heteroatoms. The van der Waals surface area contributed by atoms with E-state index in [0.29, 0.717) is 26.0 Å². The number of amides is 1. The highest BCUT2D eigenvalue weighted by atomic mass is 16.5. The molecule has 1 aromatic heterocycles. The van der Waals surface area contributed by atoms with E-state index in [9.17, 15) is 9.59 Å². The lowest BCUT2D eigenvalue weighted by Crippen LogP contribution is -2.29. The lowest BCUT2D eigenvalue weighted by molar-refractivity contribution is -0.143. The largest absolute Gasteiger partial charge is 0.466 e. The summed E-state index contributed by atoms with van der Waals surface area (Å²) in [6, 6.07) is 0. The van der Waals surface area contributed by atoms with Gasteiger partial charge < -0.3 is 10.1 Å². The zero-order valence-corrected chi connectivity index (χ0v) is 9.76. The fraction of sp³-hybridized carbons (Fsp3) is 0.600. The second-order valence-corrected chi connectivity index (χ2v) is 3.36. The van der Waals surface area contributed by atoms with Gasteiger partial charge in [0, 0.05) is 19.2 Å². The first kappa shape index (κ1) is 13.1. The molecule has 1 amide bonds. The van der Waals surface area contributed by atoms with Gasteiger partial charge in [0.05, 0.1) is 12.8 Å². The molecule has 0 unspecified atom stereocenters. The van der Waals surface area contributed by atoms with Crippen LogP contribution >= 0.6 is 0 Å². The van der Waals surface area contributed by atoms with Crippen LogP contribution in [0.15, 0.2) is 12.4 Å². The normalized spacial score (nSPS) is 9.94. The molecule has 0 aromatic carbocycles. The van der Waals surface area contributed by atoms with E-state index >= 15 is 0 Å². The van der Waals surface area contributed by atoms with Crippen molar-refractivity contribution in [3.63, 3.8) is 0 Å². The molecule has 0 aliphatic heterocycles. The third kappa shape index (κ3) is 5.64. The summed E-state index contributed by atoms with van der Waals surface area (Å²) in [5, 5.41) is 9.94. The Kier molecular flexibility index (Phi) is 5.70. The van der Waals surface area contributed by atoms with Crippen molar-refractivity contribution in [2.75, 3.05) is 13.2 Å². The summed E-state index contributed by atoms with van der Waals surface area (Å²) < 4.78 is 6.19. The number of ether oxygens (including phenoxy) is 1. The predicted octanol–water partition coefficient (Wildman–Crippen LogP) is -0.262. The van der Waals surface area contributed by atoms with Crippen molar-refractivity contribution >= 4 is 11.9 Å². The highest BCUT2D eigenvalue weighted by Crippen LogP contribution is 1.91. The molecular formula is C10H16N4O3. The highest BCUT2D eigenvalue weighted by molar-refractivity contribution is 5.75. The smallest absolute Gasteiger partial charge is 0.305 e. The number of carbonyl (C=O) groups is 2. The molecule has 0 spiro atoms. The summed E-state index contributed by atoms with van der Waals surface area (Å²) in [6.45, 7) is 2.74. The molecule has 94 valence electrons. The number of nitrogens with one attached hydrogen (secondary N) is 1. The van der Waals surface area contributed by atoms with Crippen molar-refractivity contribution < 1.29 is 14.3 Å². The minimum Gasteiger partial charge on any atom is -0.466 e. The van der Waals surface area contributed by atoms with Gasteiger partial charge in [-0.3, -0.25) is 9.59 Å². The van der Waals surface area contributed by atoms with Crippen molar-refractivity contribution in [2.45, 2.75) is 26.3 Å². The van der Waals surface area contributed by atoms with Crippen molar-refractivity contribution in [1.82, 2.24) is 20.3 Å². The van der Waals surface area contributed by atoms with E-state index in [2.05, 4.69) is 15.6 Å². The summed E-state index contributed by atoms with van der Waals surface area (Å²) in [6.07, 6.45) is 4.01. The molecule has 0 saturated heterocycles. The zero-order chi connectivity index (χ0) is 12.5. The molecule has 0 bridgehead atoms. The molecule has 0 fully saturated rings. The van der Waals surface area contributed by atoms with Gasteiger partial charge in [-0.1, -0.05) is 5.21 Å². The fourth-order valence-electron chi connectivity index (χ4n) is 1.21. The SMILES string of the molecule is CCOC(=O)CCCNC(=O)Cn1ccnn1. The molecule has 0 radical (unpaired) electrons. The van der Waals surface area contributed by atoms with Gasteiger partial charge in [0.15, 0.2) is 0 Å². The van der Waals surface area contributed by atoms with E-state index in [-0.39, 0.29) is 18.4 Å². The molecule has 0 aliphatic rings. The number of esters is 1. The van der Waals surface area contributed by atoms with Crippen LogP contribution < -0.4 is 5.32 Å². The number of rotatable bonds is 7. The van der Waals surface area contributed by atoms with E-state index in [1.165, 1.54) is 10.9 Å². The summed E-state index contributed by atoms with van der Waals surface area (Å²) in [5.74, 6) is -0.391. The maximum Gasteiger partial charge on any atom is 0.305 e. The first-order valence-electron chi connectivity index (χ1n) is 5.48. The average molecular weight is 240 g/mol. The highest BCUT2D eigenvalue weighted by Gasteiger charge is 2.04. The van der Waals surface area contributed by atoms with Crippen LogP contribution in [-0.4, -0.2) is 40.0 Å². The maximum atomic E-state index is 11.4. The Morgan fingerprint density at radius 2 is 2.29 bits per heavy atom. The van der Waals surface area contributed by atoms with Gasteiger partial charge in [-0.05, 0) is 13.3 Å². The van der Waals surface area contributed by atoms with Crippen LogP contribution in [0.1, 0.15) is 19.8 Å². The Labute approximate surface area is 99.1 Å². The quantitative estimate of drug-likeness (QED) is 0.524. The minimum atomic E-state index is -0.238. The molecular weight excluding hydrogens is 224 g/mol. The molecule has 1 aromatic rings. The number of hydrogen-bond acceptors (Lipinski definition) is 5. The van der Waals surface area contributed by atoms with E-state index < -0.39 is 0 Å². The van der Waals surface area contributed by atoms with Gasteiger partial charge >= 0.3 is 5.97 Å². The van der Waals surface area contributed by atoms with Gasteiger partial charge in [-0.25, -0.2) is 4.68 Å². The van der Waals surface area contributed by atoms with Crippen molar-refractivity contribution in [2.24, 2.45) is 0 Å². The average Bonchev–Trinajstić information content (AvgIpc) is 2.77. The Morgan fingerprint density at radius 3 is 2.94 bits per heavy atom. The predicted molar refractivity (Wildman–Crippen MR) is 58.9 cm³/mol. The summed E-state index contributed by atoms with van der Waals surface area (Å²) in [7, 11) is 0. The zero-order valence-electron chi connectivity index (χ0n) is 9.76. The van der Waals surface area contributed by atoms with Crippen LogP contribution in [0.2, 0.25) is 0 Å². The third-order valence-corrected chi connectivity index (χ3v) is 1.96. The maximum absolute atomic E-state index is 11.4. The Balaban J connectivity index is 2.06. The van der Waals surface area contributed by atoms with E-state index in [1.54, 1.807) is 13.1 Å². The monoisotopic (exact) mass is 240 g/mol. The molecule has 0 atom stereocenters. The molecule has 17 heavy (non-hydrogen) atoms. The van der Waals surface area contributed by atoms with Crippen LogP contribution in [0, 0.1) is 0 Å². The Hall–Kier alpha value is -1.92. The second-order valence-electron chi connectivity index (χ2n) is 3.36. The van der Waals surface area contributed by atoms with Crippen molar-refractivity contribution in [3.8, 4) is 0 Å².